The topological polar surface area (TPSA) is 81.9 Å². The van der Waals surface area contributed by atoms with Crippen LogP contribution in [0.1, 0.15) is 21.6 Å². The summed E-state index contributed by atoms with van der Waals surface area (Å²) < 4.78 is 46.2. The lowest BCUT2D eigenvalue weighted by Gasteiger charge is -2.11. The van der Waals surface area contributed by atoms with Crippen LogP contribution in [0.15, 0.2) is 54.0 Å². The van der Waals surface area contributed by atoms with Gasteiger partial charge in [-0.2, -0.15) is 13.2 Å². The Labute approximate surface area is 183 Å². The monoisotopic (exact) mass is 457 g/mol. The number of carbonyl (C=O) groups excluding carboxylic acids is 1. The normalized spacial score (nSPS) is 13.0. The number of fused-ring (bicyclic) bond motifs is 1. The number of anilines is 1. The zero-order chi connectivity index (χ0) is 22.3. The summed E-state index contributed by atoms with van der Waals surface area (Å²) in [5.74, 6) is 0.247. The Bertz CT molecular complexity index is 1310. The quantitative estimate of drug-likeness (QED) is 0.485. The zero-order valence-corrected chi connectivity index (χ0v) is 17.1. The molecule has 0 aliphatic carbocycles. The molecule has 0 saturated heterocycles. The number of hydrogen-bond donors (Lipinski definition) is 1. The van der Waals surface area contributed by atoms with Gasteiger partial charge in [-0.15, -0.1) is 16.4 Å². The number of nitrogens with one attached hydrogen (secondary N) is 1. The molecule has 0 unspecified atom stereocenters. The summed E-state index contributed by atoms with van der Waals surface area (Å²) in [6.07, 6.45) is -2.58. The van der Waals surface area contributed by atoms with Crippen LogP contribution in [0.3, 0.4) is 0 Å². The van der Waals surface area contributed by atoms with Crippen LogP contribution in [0.2, 0.25) is 0 Å². The number of amides is 1. The molecule has 2 aromatic carbocycles. The number of nitrogens with zero attached hydrogens (tertiary/aromatic N) is 4. The number of rotatable bonds is 4. The molecule has 7 nitrogen and oxygen atoms in total. The van der Waals surface area contributed by atoms with Crippen molar-refractivity contribution in [3.8, 4) is 22.7 Å². The highest BCUT2D eigenvalue weighted by Crippen LogP contribution is 2.34. The van der Waals surface area contributed by atoms with E-state index in [2.05, 4.69) is 20.6 Å². The van der Waals surface area contributed by atoms with Crippen LogP contribution in [-0.4, -0.2) is 32.5 Å². The largest absolute Gasteiger partial charge is 0.493 e. The van der Waals surface area contributed by atoms with Crippen molar-refractivity contribution in [2.75, 3.05) is 11.9 Å². The molecule has 1 N–H and O–H groups in total. The summed E-state index contributed by atoms with van der Waals surface area (Å²) in [5, 5.41) is 12.2. The third kappa shape index (κ3) is 3.82. The predicted molar refractivity (Wildman–Crippen MR) is 111 cm³/mol. The molecule has 0 saturated carbocycles. The summed E-state index contributed by atoms with van der Waals surface area (Å²) in [5.41, 5.74) is 1.48. The molecule has 1 amide bonds. The van der Waals surface area contributed by atoms with Gasteiger partial charge in [0.05, 0.1) is 29.7 Å². The average Bonchev–Trinajstić information content (AvgIpc) is 3.52. The Balaban J connectivity index is 1.34. The molecule has 32 heavy (non-hydrogen) atoms. The minimum absolute atomic E-state index is 0.131. The van der Waals surface area contributed by atoms with Crippen molar-refractivity contribution in [1.82, 2.24) is 20.0 Å². The van der Waals surface area contributed by atoms with Crippen molar-refractivity contribution in [3.05, 3.63) is 70.9 Å². The number of thiazole rings is 1. The molecule has 0 fully saturated rings. The highest BCUT2D eigenvalue weighted by molar-refractivity contribution is 7.14. The lowest BCUT2D eigenvalue weighted by Crippen LogP contribution is -2.12. The molecule has 162 valence electrons. The molecule has 0 atom stereocenters. The van der Waals surface area contributed by atoms with E-state index in [-0.39, 0.29) is 11.4 Å². The molecule has 2 aromatic heterocycles. The van der Waals surface area contributed by atoms with Crippen LogP contribution in [0.25, 0.3) is 16.9 Å². The van der Waals surface area contributed by atoms with Crippen molar-refractivity contribution in [2.45, 2.75) is 12.6 Å². The number of ether oxygens (including phenoxy) is 1. The Kier molecular flexibility index (Phi) is 4.89. The van der Waals surface area contributed by atoms with Crippen LogP contribution in [-0.2, 0) is 12.6 Å². The lowest BCUT2D eigenvalue weighted by atomic mass is 10.1. The van der Waals surface area contributed by atoms with Crippen molar-refractivity contribution < 1.29 is 22.7 Å². The van der Waals surface area contributed by atoms with Crippen molar-refractivity contribution in [2.24, 2.45) is 0 Å². The third-order valence-electron chi connectivity index (χ3n) is 4.89. The number of para-hydroxylation sites is 1. The highest BCUT2D eigenvalue weighted by Gasteiger charge is 2.34. The molecule has 0 radical (unpaired) electrons. The number of carbonyl (C=O) groups is 1. The first-order valence-corrected chi connectivity index (χ1v) is 10.4. The SMILES string of the molecule is O=C(Nc1nc(-c2ccc3c(c2)CCO3)cs1)c1cn(-c2ccccc2C(F)(F)F)nn1. The van der Waals surface area contributed by atoms with Gasteiger partial charge >= 0.3 is 6.18 Å². The minimum Gasteiger partial charge on any atom is -0.493 e. The standard InChI is InChI=1S/C21H14F3N5O2S/c22-21(23,24)14-3-1-2-4-17(14)29-10-15(27-28-29)19(30)26-20-25-16(11-32-20)12-5-6-18-13(9-12)7-8-31-18/h1-6,9-11H,7-8H2,(H,25,26,30). The van der Waals surface area contributed by atoms with Gasteiger partial charge in [-0.1, -0.05) is 17.3 Å². The van der Waals surface area contributed by atoms with Crippen LogP contribution in [0.5, 0.6) is 5.75 Å². The second-order valence-corrected chi connectivity index (χ2v) is 7.83. The van der Waals surface area contributed by atoms with Gasteiger partial charge in [-0.05, 0) is 35.9 Å². The van der Waals surface area contributed by atoms with Crippen molar-refractivity contribution >= 4 is 22.4 Å². The van der Waals surface area contributed by atoms with Gasteiger partial charge in [0.2, 0.25) is 0 Å². The molecule has 5 rings (SSSR count). The molecule has 1 aliphatic rings. The second kappa shape index (κ2) is 7.75. The van der Waals surface area contributed by atoms with Crippen LogP contribution >= 0.6 is 11.3 Å². The van der Waals surface area contributed by atoms with Gasteiger partial charge in [-0.25, -0.2) is 9.67 Å². The Morgan fingerprint density at radius 1 is 1.19 bits per heavy atom. The van der Waals surface area contributed by atoms with E-state index < -0.39 is 17.6 Å². The molecule has 1 aliphatic heterocycles. The van der Waals surface area contributed by atoms with Gasteiger partial charge in [0.15, 0.2) is 10.8 Å². The van der Waals surface area contributed by atoms with Gasteiger partial charge in [0.1, 0.15) is 5.75 Å². The van der Waals surface area contributed by atoms with Gasteiger partial charge < -0.3 is 4.74 Å². The lowest BCUT2D eigenvalue weighted by molar-refractivity contribution is -0.137. The maximum absolute atomic E-state index is 13.2. The first-order chi connectivity index (χ1) is 15.4. The minimum atomic E-state index is -4.56. The number of alkyl halides is 3. The summed E-state index contributed by atoms with van der Waals surface area (Å²) in [6, 6.07) is 10.7. The van der Waals surface area contributed by atoms with E-state index >= 15 is 0 Å². The van der Waals surface area contributed by atoms with Gasteiger partial charge in [0.25, 0.3) is 5.91 Å². The Morgan fingerprint density at radius 2 is 2.03 bits per heavy atom. The van der Waals surface area contributed by atoms with E-state index in [4.69, 9.17) is 4.74 Å². The van der Waals surface area contributed by atoms with E-state index in [0.717, 1.165) is 40.2 Å². The maximum atomic E-state index is 13.2. The number of hydrogen-bond acceptors (Lipinski definition) is 6. The van der Waals surface area contributed by atoms with Crippen LogP contribution in [0, 0.1) is 0 Å². The number of benzene rings is 2. The maximum Gasteiger partial charge on any atom is 0.418 e. The molecular weight excluding hydrogens is 443 g/mol. The average molecular weight is 457 g/mol. The number of halogens is 3. The van der Waals surface area contributed by atoms with E-state index in [9.17, 15) is 18.0 Å². The number of aromatic nitrogens is 4. The fourth-order valence-electron chi connectivity index (χ4n) is 3.37. The molecule has 11 heteroatoms. The van der Waals surface area contributed by atoms with Crippen LogP contribution in [0.4, 0.5) is 18.3 Å². The summed E-state index contributed by atoms with van der Waals surface area (Å²) in [7, 11) is 0. The smallest absolute Gasteiger partial charge is 0.418 e. The zero-order valence-electron chi connectivity index (χ0n) is 16.3. The Morgan fingerprint density at radius 3 is 2.88 bits per heavy atom. The Hall–Kier alpha value is -3.73. The molecule has 0 spiro atoms. The molecular formula is C21H14F3N5O2S. The molecule has 0 bridgehead atoms. The van der Waals surface area contributed by atoms with E-state index in [1.807, 2.05) is 23.6 Å². The van der Waals surface area contributed by atoms with E-state index in [1.165, 1.54) is 29.5 Å². The van der Waals surface area contributed by atoms with Crippen molar-refractivity contribution in [1.29, 1.82) is 0 Å². The van der Waals surface area contributed by atoms with Crippen molar-refractivity contribution in [3.63, 3.8) is 0 Å². The molecule has 4 aromatic rings. The molecule has 3 heterocycles. The predicted octanol–water partition coefficient (Wildman–Crippen LogP) is 4.60. The summed E-state index contributed by atoms with van der Waals surface area (Å²) in [6.45, 7) is 0.658. The van der Waals surface area contributed by atoms with Gasteiger partial charge in [0, 0.05) is 17.4 Å². The first-order valence-electron chi connectivity index (χ1n) is 9.50. The summed E-state index contributed by atoms with van der Waals surface area (Å²) in [4.78, 5) is 17.0. The highest BCUT2D eigenvalue weighted by atomic mass is 32.1. The fourth-order valence-corrected chi connectivity index (χ4v) is 4.08. The first kappa shape index (κ1) is 20.2. The third-order valence-corrected chi connectivity index (χ3v) is 5.65. The van der Waals surface area contributed by atoms with Gasteiger partial charge in [-0.3, -0.25) is 10.1 Å². The van der Waals surface area contributed by atoms with E-state index in [1.54, 1.807) is 0 Å². The second-order valence-electron chi connectivity index (χ2n) is 6.98. The fraction of sp³-hybridized carbons (Fsp3) is 0.143. The summed E-state index contributed by atoms with van der Waals surface area (Å²) >= 11 is 1.23. The van der Waals surface area contributed by atoms with E-state index in [0.29, 0.717) is 17.4 Å². The van der Waals surface area contributed by atoms with Crippen LogP contribution < -0.4 is 10.1 Å².